The van der Waals surface area contributed by atoms with Gasteiger partial charge in [-0.15, -0.1) is 0 Å². The van der Waals surface area contributed by atoms with Gasteiger partial charge in [-0.1, -0.05) is 12.1 Å². The fourth-order valence-electron chi connectivity index (χ4n) is 2.47. The van der Waals surface area contributed by atoms with Gasteiger partial charge in [-0.25, -0.2) is 0 Å². The van der Waals surface area contributed by atoms with E-state index in [0.29, 0.717) is 6.61 Å². The minimum atomic E-state index is -0.756. The number of ether oxygens (including phenoxy) is 1. The standard InChI is InChI=1S/C19H25NO3S/c1-15(12-19(21)22)20(2)9-3-10-23-18-6-4-16(5-7-18)13-17-8-11-24-14-17/h4-8,11,14-15H,3,9-10,12-13H2,1-2H3,(H,21,22). The lowest BCUT2D eigenvalue weighted by Gasteiger charge is -2.23. The van der Waals surface area contributed by atoms with Crippen LogP contribution in [0.25, 0.3) is 0 Å². The highest BCUT2D eigenvalue weighted by Crippen LogP contribution is 2.17. The Morgan fingerprint density at radius 3 is 2.62 bits per heavy atom. The molecule has 1 aromatic heterocycles. The molecule has 2 aromatic rings. The van der Waals surface area contributed by atoms with E-state index in [0.717, 1.165) is 25.1 Å². The van der Waals surface area contributed by atoms with Gasteiger partial charge < -0.3 is 14.7 Å². The molecule has 1 atom stereocenters. The lowest BCUT2D eigenvalue weighted by molar-refractivity contribution is -0.138. The highest BCUT2D eigenvalue weighted by atomic mass is 32.1. The van der Waals surface area contributed by atoms with E-state index in [4.69, 9.17) is 9.84 Å². The van der Waals surface area contributed by atoms with Gasteiger partial charge in [-0.05, 0) is 66.9 Å². The first kappa shape index (κ1) is 18.5. The molecule has 0 aliphatic rings. The molecule has 0 aliphatic carbocycles. The topological polar surface area (TPSA) is 49.8 Å². The zero-order valence-corrected chi connectivity index (χ0v) is 15.1. The van der Waals surface area contributed by atoms with Gasteiger partial charge in [0.2, 0.25) is 0 Å². The number of rotatable bonds is 10. The molecule has 0 radical (unpaired) electrons. The molecule has 1 aromatic carbocycles. The SMILES string of the molecule is CC(CC(=O)O)N(C)CCCOc1ccc(Cc2ccsc2)cc1. The number of carbonyl (C=O) groups is 1. The first-order valence-electron chi connectivity index (χ1n) is 8.19. The van der Waals surface area contributed by atoms with E-state index in [2.05, 4.69) is 33.9 Å². The van der Waals surface area contributed by atoms with Gasteiger partial charge in [0.15, 0.2) is 0 Å². The molecule has 0 aliphatic heterocycles. The number of thiophene rings is 1. The lowest BCUT2D eigenvalue weighted by Crippen LogP contribution is -2.32. The summed E-state index contributed by atoms with van der Waals surface area (Å²) < 4.78 is 5.77. The van der Waals surface area contributed by atoms with Gasteiger partial charge in [0.1, 0.15) is 5.75 Å². The Hall–Kier alpha value is -1.85. The van der Waals surface area contributed by atoms with Crippen LogP contribution in [0.4, 0.5) is 0 Å². The fourth-order valence-corrected chi connectivity index (χ4v) is 3.13. The van der Waals surface area contributed by atoms with Gasteiger partial charge >= 0.3 is 5.97 Å². The predicted octanol–water partition coefficient (Wildman–Crippen LogP) is 3.90. The lowest BCUT2D eigenvalue weighted by atomic mass is 10.1. The minimum Gasteiger partial charge on any atom is -0.494 e. The summed E-state index contributed by atoms with van der Waals surface area (Å²) >= 11 is 1.72. The van der Waals surface area contributed by atoms with Crippen LogP contribution in [0.15, 0.2) is 41.1 Å². The number of carboxylic acid groups (broad SMARTS) is 1. The van der Waals surface area contributed by atoms with Gasteiger partial charge in [-0.3, -0.25) is 4.79 Å². The molecule has 24 heavy (non-hydrogen) atoms. The van der Waals surface area contributed by atoms with E-state index in [-0.39, 0.29) is 12.5 Å². The van der Waals surface area contributed by atoms with Crippen LogP contribution in [0.2, 0.25) is 0 Å². The molecule has 0 bridgehead atoms. The summed E-state index contributed by atoms with van der Waals surface area (Å²) in [7, 11) is 1.95. The molecule has 1 unspecified atom stereocenters. The van der Waals surface area contributed by atoms with E-state index in [1.807, 2.05) is 26.1 Å². The number of hydrogen-bond donors (Lipinski definition) is 1. The van der Waals surface area contributed by atoms with Crippen LogP contribution >= 0.6 is 11.3 Å². The van der Waals surface area contributed by atoms with E-state index < -0.39 is 5.97 Å². The third-order valence-corrected chi connectivity index (χ3v) is 4.79. The quantitative estimate of drug-likeness (QED) is 0.662. The van der Waals surface area contributed by atoms with Crippen molar-refractivity contribution in [3.8, 4) is 5.75 Å². The highest BCUT2D eigenvalue weighted by Gasteiger charge is 2.12. The first-order chi connectivity index (χ1) is 11.5. The molecular formula is C19H25NO3S. The molecular weight excluding hydrogens is 322 g/mol. The van der Waals surface area contributed by atoms with E-state index in [9.17, 15) is 4.79 Å². The summed E-state index contributed by atoms with van der Waals surface area (Å²) in [5.41, 5.74) is 2.62. The summed E-state index contributed by atoms with van der Waals surface area (Å²) in [6, 6.07) is 10.4. The molecule has 0 saturated heterocycles. The van der Waals surface area contributed by atoms with Crippen molar-refractivity contribution in [2.45, 2.75) is 32.2 Å². The monoisotopic (exact) mass is 347 g/mol. The maximum absolute atomic E-state index is 10.7. The molecule has 1 heterocycles. The Morgan fingerprint density at radius 2 is 2.00 bits per heavy atom. The van der Waals surface area contributed by atoms with Gasteiger partial charge in [0.05, 0.1) is 13.0 Å². The van der Waals surface area contributed by atoms with Gasteiger partial charge in [0.25, 0.3) is 0 Å². The second kappa shape index (κ2) is 9.45. The maximum Gasteiger partial charge on any atom is 0.304 e. The Labute approximate surface area is 147 Å². The minimum absolute atomic E-state index is 0.0406. The van der Waals surface area contributed by atoms with E-state index in [1.54, 1.807) is 11.3 Å². The van der Waals surface area contributed by atoms with Crippen LogP contribution in [-0.4, -0.2) is 42.2 Å². The zero-order valence-electron chi connectivity index (χ0n) is 14.3. The molecule has 130 valence electrons. The van der Waals surface area contributed by atoms with Crippen molar-refractivity contribution in [3.05, 3.63) is 52.2 Å². The van der Waals surface area contributed by atoms with E-state index >= 15 is 0 Å². The van der Waals surface area contributed by atoms with Crippen LogP contribution < -0.4 is 4.74 Å². The summed E-state index contributed by atoms with van der Waals surface area (Å²) in [5.74, 6) is 0.124. The van der Waals surface area contributed by atoms with Crippen molar-refractivity contribution in [3.63, 3.8) is 0 Å². The zero-order chi connectivity index (χ0) is 17.4. The maximum atomic E-state index is 10.7. The third-order valence-electron chi connectivity index (χ3n) is 4.06. The van der Waals surface area contributed by atoms with Crippen molar-refractivity contribution in [2.24, 2.45) is 0 Å². The third kappa shape index (κ3) is 6.34. The number of nitrogens with zero attached hydrogens (tertiary/aromatic N) is 1. The molecule has 0 saturated carbocycles. The van der Waals surface area contributed by atoms with Crippen LogP contribution in [0.5, 0.6) is 5.75 Å². The van der Waals surface area contributed by atoms with Gasteiger partial charge in [-0.2, -0.15) is 11.3 Å². The average Bonchev–Trinajstić information content (AvgIpc) is 3.05. The van der Waals surface area contributed by atoms with Crippen LogP contribution in [0.3, 0.4) is 0 Å². The largest absolute Gasteiger partial charge is 0.494 e. The molecule has 0 fully saturated rings. The Morgan fingerprint density at radius 1 is 1.25 bits per heavy atom. The normalized spacial score (nSPS) is 12.3. The van der Waals surface area contributed by atoms with Crippen molar-refractivity contribution < 1.29 is 14.6 Å². The second-order valence-electron chi connectivity index (χ2n) is 6.08. The predicted molar refractivity (Wildman–Crippen MR) is 98.0 cm³/mol. The number of hydrogen-bond acceptors (Lipinski definition) is 4. The van der Waals surface area contributed by atoms with Crippen LogP contribution in [-0.2, 0) is 11.2 Å². The molecule has 0 spiro atoms. The molecule has 0 amide bonds. The van der Waals surface area contributed by atoms with Crippen molar-refractivity contribution in [2.75, 3.05) is 20.2 Å². The van der Waals surface area contributed by atoms with Crippen molar-refractivity contribution in [1.29, 1.82) is 0 Å². The van der Waals surface area contributed by atoms with E-state index in [1.165, 1.54) is 11.1 Å². The highest BCUT2D eigenvalue weighted by molar-refractivity contribution is 7.07. The Kier molecular flexibility index (Phi) is 7.28. The number of carboxylic acids is 1. The fraction of sp³-hybridized carbons (Fsp3) is 0.421. The Balaban J connectivity index is 1.68. The molecule has 4 nitrogen and oxygen atoms in total. The van der Waals surface area contributed by atoms with Gasteiger partial charge in [0, 0.05) is 12.6 Å². The smallest absolute Gasteiger partial charge is 0.304 e. The van der Waals surface area contributed by atoms with Crippen LogP contribution in [0, 0.1) is 0 Å². The molecule has 2 rings (SSSR count). The Bertz CT molecular complexity index is 610. The van der Waals surface area contributed by atoms with Crippen molar-refractivity contribution >= 4 is 17.3 Å². The second-order valence-corrected chi connectivity index (χ2v) is 6.86. The molecule has 1 N–H and O–H groups in total. The summed E-state index contributed by atoms with van der Waals surface area (Å²) in [6.45, 7) is 3.39. The van der Waals surface area contributed by atoms with Crippen LogP contribution in [0.1, 0.15) is 30.9 Å². The first-order valence-corrected chi connectivity index (χ1v) is 9.13. The summed E-state index contributed by atoms with van der Waals surface area (Å²) in [4.78, 5) is 12.8. The number of benzene rings is 1. The molecule has 5 heteroatoms. The number of aliphatic carboxylic acids is 1. The summed E-state index contributed by atoms with van der Waals surface area (Å²) in [5, 5.41) is 13.1. The average molecular weight is 347 g/mol. The van der Waals surface area contributed by atoms with Crippen molar-refractivity contribution in [1.82, 2.24) is 4.90 Å². The summed E-state index contributed by atoms with van der Waals surface area (Å²) in [6.07, 6.45) is 2.00.